The molecule has 0 spiro atoms. The van der Waals surface area contributed by atoms with Crippen LogP contribution in [-0.4, -0.2) is 85.4 Å². The number of hydroxylamine groups is 1. The molecule has 0 unspecified atom stereocenters. The number of amides is 1. The quantitative estimate of drug-likeness (QED) is 0.0218. The first kappa shape index (κ1) is 51.9. The van der Waals surface area contributed by atoms with Crippen LogP contribution in [0.3, 0.4) is 0 Å². The van der Waals surface area contributed by atoms with Gasteiger partial charge >= 0.3 is 47.6 Å². The number of alkyl halides is 17. The summed E-state index contributed by atoms with van der Waals surface area (Å²) in [5.41, 5.74) is 0.542. The molecule has 0 saturated carbocycles. The minimum absolute atomic E-state index is 0.151. The molecule has 330 valence electrons. The average molecular weight is 882 g/mol. The number of nitrogens with one attached hydrogen (secondary N) is 1. The Morgan fingerprint density at radius 3 is 1.58 bits per heavy atom. The Morgan fingerprint density at radius 2 is 1.16 bits per heavy atom. The lowest BCUT2D eigenvalue weighted by atomic mass is 9.88. The number of hydrogen-bond acceptors (Lipinski definition) is 5. The fraction of sp³-hybridized carbons (Fsp3) is 0.667. The molecule has 0 aliphatic rings. The zero-order chi connectivity index (χ0) is 45.0. The Labute approximate surface area is 316 Å². The maximum absolute atomic E-state index is 14.9. The summed E-state index contributed by atoms with van der Waals surface area (Å²) in [6.45, 7) is 7.59. The van der Waals surface area contributed by atoms with Gasteiger partial charge in [-0.2, -0.15) is 74.6 Å². The van der Waals surface area contributed by atoms with Crippen LogP contribution < -0.4 is 10.2 Å². The summed E-state index contributed by atoms with van der Waals surface area (Å²) in [6.07, 6.45) is -7.25. The number of hydrogen-bond donors (Lipinski definition) is 3. The lowest BCUT2D eigenvalue weighted by Gasteiger charge is -2.44. The van der Waals surface area contributed by atoms with E-state index in [0.717, 1.165) is 6.08 Å². The predicted molar refractivity (Wildman–Crippen MR) is 171 cm³/mol. The van der Waals surface area contributed by atoms with Gasteiger partial charge in [-0.15, -0.1) is 0 Å². The van der Waals surface area contributed by atoms with E-state index >= 15 is 0 Å². The fourth-order valence-electron chi connectivity index (χ4n) is 5.51. The van der Waals surface area contributed by atoms with Crippen LogP contribution in [0.2, 0.25) is 17.1 Å². The number of rotatable bonds is 21. The minimum atomic E-state index is -8.69. The molecule has 0 aromatic heterocycles. The second-order valence-corrected chi connectivity index (χ2v) is 18.7. The third kappa shape index (κ3) is 10.2. The molecule has 6 nitrogen and oxygen atoms in total. The molecule has 0 heterocycles. The van der Waals surface area contributed by atoms with E-state index in [2.05, 4.69) is 0 Å². The summed E-state index contributed by atoms with van der Waals surface area (Å²) in [4.78, 5) is 11.2. The van der Waals surface area contributed by atoms with Crippen molar-refractivity contribution in [1.82, 2.24) is 5.48 Å². The SMILES string of the molecule is CC(/C=C/[C@H](C)[C@H](O)c1ccc(OCCO[Si](CCC(F)(F)C(F)(F)C(F)(F)C(F)(F)C(F)(F)C(F)(F)C(F)(F)C(F)(F)F)(C(C)C)C(C)C)cc1)=C\C(=O)NO. The van der Waals surface area contributed by atoms with Crippen molar-refractivity contribution in [2.75, 3.05) is 13.2 Å². The van der Waals surface area contributed by atoms with Gasteiger partial charge in [0.05, 0.1) is 12.7 Å². The molecular weight excluding hydrogens is 841 g/mol. The highest BCUT2D eigenvalue weighted by atomic mass is 28.4. The Kier molecular flexibility index (Phi) is 16.4. The van der Waals surface area contributed by atoms with Crippen LogP contribution in [0.1, 0.15) is 59.6 Å². The smallest absolute Gasteiger partial charge is 0.460 e. The Bertz CT molecular complexity index is 1540. The first-order chi connectivity index (χ1) is 25.5. The molecule has 1 aromatic carbocycles. The van der Waals surface area contributed by atoms with Crippen LogP contribution in [0.4, 0.5) is 74.6 Å². The lowest BCUT2D eigenvalue weighted by molar-refractivity contribution is -0.461. The van der Waals surface area contributed by atoms with Gasteiger partial charge in [-0.3, -0.25) is 10.0 Å². The molecule has 1 rings (SSSR count). The van der Waals surface area contributed by atoms with Gasteiger partial charge in [-0.05, 0) is 47.3 Å². The highest BCUT2D eigenvalue weighted by molar-refractivity contribution is 6.76. The molecule has 24 heteroatoms. The molecule has 0 aliphatic carbocycles. The minimum Gasteiger partial charge on any atom is -0.491 e. The average Bonchev–Trinajstić information content (AvgIpc) is 3.08. The molecule has 57 heavy (non-hydrogen) atoms. The Morgan fingerprint density at radius 1 is 0.719 bits per heavy atom. The van der Waals surface area contributed by atoms with Gasteiger partial charge in [0.1, 0.15) is 12.4 Å². The number of halogens is 17. The van der Waals surface area contributed by atoms with Gasteiger partial charge in [-0.25, -0.2) is 5.48 Å². The highest BCUT2D eigenvalue weighted by Gasteiger charge is 2.95. The normalized spacial score (nSPS) is 16.1. The molecular formula is C33H40F17NO5Si. The van der Waals surface area contributed by atoms with E-state index in [4.69, 9.17) is 14.4 Å². The molecule has 3 N–H and O–H groups in total. The lowest BCUT2D eigenvalue weighted by Crippen LogP contribution is -2.74. The molecule has 0 saturated heterocycles. The number of aliphatic hydroxyl groups excluding tert-OH is 1. The molecule has 0 aliphatic heterocycles. The number of benzene rings is 1. The third-order valence-electron chi connectivity index (χ3n) is 9.15. The summed E-state index contributed by atoms with van der Waals surface area (Å²) in [7, 11) is -3.95. The van der Waals surface area contributed by atoms with Crippen molar-refractivity contribution in [1.29, 1.82) is 0 Å². The standard InChI is InChI=1S/C33H40F17NO5Si/c1-18(2)57(19(3)4,56-15-14-55-23-11-9-22(10-12-23)25(53)21(6)8-7-20(5)17-24(52)51-54)16-13-26(34,35)27(36,37)28(38,39)29(40,41)30(42,43)31(44,45)32(46,47)33(48,49)50/h7-12,17-19,21,25,53-54H,13-16H2,1-6H3,(H,51,52)/b8-7+,20-17+/t21-,25-/m0/s1. The van der Waals surface area contributed by atoms with E-state index < -0.39 is 104 Å². The number of aliphatic hydroxyl groups is 1. The zero-order valence-electron chi connectivity index (χ0n) is 30.7. The number of ether oxygens (including phenoxy) is 1. The molecule has 1 amide bonds. The molecule has 0 fully saturated rings. The monoisotopic (exact) mass is 881 g/mol. The second-order valence-electron chi connectivity index (χ2n) is 13.7. The van der Waals surface area contributed by atoms with Gasteiger partial charge in [0.25, 0.3) is 5.91 Å². The van der Waals surface area contributed by atoms with Crippen LogP contribution in [-0.2, 0) is 9.22 Å². The van der Waals surface area contributed by atoms with Crippen LogP contribution >= 0.6 is 0 Å². The van der Waals surface area contributed by atoms with Crippen molar-refractivity contribution in [3.05, 3.63) is 53.6 Å². The van der Waals surface area contributed by atoms with E-state index in [1.54, 1.807) is 19.9 Å². The summed E-state index contributed by atoms with van der Waals surface area (Å²) in [5.74, 6) is -57.8. The van der Waals surface area contributed by atoms with Crippen molar-refractivity contribution >= 4 is 14.2 Å². The predicted octanol–water partition coefficient (Wildman–Crippen LogP) is 10.9. The second kappa shape index (κ2) is 18.0. The van der Waals surface area contributed by atoms with Crippen molar-refractivity contribution in [3.63, 3.8) is 0 Å². The number of allylic oxidation sites excluding steroid dienone is 2. The maximum atomic E-state index is 14.9. The summed E-state index contributed by atoms with van der Waals surface area (Å²) in [6, 6.07) is 4.38. The first-order valence-electron chi connectivity index (χ1n) is 16.5. The highest BCUT2D eigenvalue weighted by Crippen LogP contribution is 2.64. The number of carbonyl (C=O) groups is 1. The van der Waals surface area contributed by atoms with Crippen molar-refractivity contribution in [3.8, 4) is 5.75 Å². The Hall–Kier alpha value is -3.12. The van der Waals surface area contributed by atoms with Crippen molar-refractivity contribution in [2.45, 2.75) is 119 Å². The summed E-state index contributed by atoms with van der Waals surface area (Å²) >= 11 is 0. The first-order valence-corrected chi connectivity index (χ1v) is 18.8. The van der Waals surface area contributed by atoms with E-state index in [1.165, 1.54) is 63.5 Å². The van der Waals surface area contributed by atoms with Gasteiger partial charge in [0, 0.05) is 18.4 Å². The van der Waals surface area contributed by atoms with Crippen LogP contribution in [0, 0.1) is 5.92 Å². The van der Waals surface area contributed by atoms with Gasteiger partial charge in [-0.1, -0.05) is 58.9 Å². The molecule has 1 aromatic rings. The fourth-order valence-corrected chi connectivity index (χ4v) is 9.97. The van der Waals surface area contributed by atoms with E-state index in [0.29, 0.717) is 11.1 Å². The van der Waals surface area contributed by atoms with Crippen LogP contribution in [0.25, 0.3) is 0 Å². The summed E-state index contributed by atoms with van der Waals surface area (Å²) < 4.78 is 245. The molecule has 0 radical (unpaired) electrons. The summed E-state index contributed by atoms with van der Waals surface area (Å²) in [5, 5.41) is 19.2. The van der Waals surface area contributed by atoms with Crippen molar-refractivity contribution < 1.29 is 98.9 Å². The van der Waals surface area contributed by atoms with Gasteiger partial charge < -0.3 is 14.3 Å². The van der Waals surface area contributed by atoms with Crippen LogP contribution in [0.5, 0.6) is 5.75 Å². The van der Waals surface area contributed by atoms with Crippen molar-refractivity contribution in [2.24, 2.45) is 5.92 Å². The largest absolute Gasteiger partial charge is 0.491 e. The molecule has 0 bridgehead atoms. The molecule has 2 atom stereocenters. The van der Waals surface area contributed by atoms with E-state index in [1.807, 2.05) is 0 Å². The Balaban J connectivity index is 3.20. The third-order valence-corrected chi connectivity index (χ3v) is 14.8. The van der Waals surface area contributed by atoms with E-state index in [-0.39, 0.29) is 12.4 Å². The van der Waals surface area contributed by atoms with Gasteiger partial charge in [0.2, 0.25) is 0 Å². The zero-order valence-corrected chi connectivity index (χ0v) is 31.7. The van der Waals surface area contributed by atoms with Crippen LogP contribution in [0.15, 0.2) is 48.1 Å². The van der Waals surface area contributed by atoms with E-state index in [9.17, 15) is 84.5 Å². The number of carbonyl (C=O) groups excluding carboxylic acids is 1. The van der Waals surface area contributed by atoms with Gasteiger partial charge in [0.15, 0.2) is 8.32 Å². The maximum Gasteiger partial charge on any atom is 0.460 e. The topological polar surface area (TPSA) is 88.0 Å².